The van der Waals surface area contributed by atoms with Gasteiger partial charge in [0.05, 0.1) is 37.6 Å². The number of nitrogens with zero attached hydrogens (tertiary/aromatic N) is 3. The lowest BCUT2D eigenvalue weighted by atomic mass is 10.2. The van der Waals surface area contributed by atoms with Crippen molar-refractivity contribution in [2.24, 2.45) is 0 Å². The summed E-state index contributed by atoms with van der Waals surface area (Å²) in [6.45, 7) is 3.89. The quantitative estimate of drug-likeness (QED) is 0.313. The molecule has 0 atom stereocenters. The van der Waals surface area contributed by atoms with E-state index in [9.17, 15) is 13.2 Å². The highest BCUT2D eigenvalue weighted by molar-refractivity contribution is 7.89. The van der Waals surface area contributed by atoms with Gasteiger partial charge in [-0.2, -0.15) is 4.31 Å². The van der Waals surface area contributed by atoms with Crippen LogP contribution >= 0.6 is 23.2 Å². The van der Waals surface area contributed by atoms with Crippen LogP contribution in [0.1, 0.15) is 17.7 Å². The maximum atomic E-state index is 13.8. The summed E-state index contributed by atoms with van der Waals surface area (Å²) in [4.78, 5) is 17.4. The molecule has 8 nitrogen and oxygen atoms in total. The number of carbonyl (C=O) groups excluding carboxylic acids is 1. The van der Waals surface area contributed by atoms with E-state index in [2.05, 4.69) is 4.90 Å². The molecule has 0 saturated carbocycles. The van der Waals surface area contributed by atoms with Crippen molar-refractivity contribution in [2.75, 3.05) is 45.9 Å². The molecule has 1 amide bonds. The van der Waals surface area contributed by atoms with E-state index in [1.54, 1.807) is 23.3 Å². The van der Waals surface area contributed by atoms with Gasteiger partial charge in [0.25, 0.3) is 0 Å². The average Bonchev–Trinajstić information content (AvgIpc) is 3.43. The molecule has 0 N–H and O–H groups in total. The first-order valence-corrected chi connectivity index (χ1v) is 14.6. The number of halogens is 2. The van der Waals surface area contributed by atoms with Gasteiger partial charge in [0.2, 0.25) is 15.9 Å². The first-order chi connectivity index (χ1) is 18.3. The van der Waals surface area contributed by atoms with Crippen LogP contribution < -0.4 is 0 Å². The van der Waals surface area contributed by atoms with E-state index in [0.29, 0.717) is 38.5 Å². The number of amides is 1. The Morgan fingerprint density at radius 3 is 2.45 bits per heavy atom. The van der Waals surface area contributed by atoms with Gasteiger partial charge >= 0.3 is 0 Å². The Balaban J connectivity index is 1.56. The summed E-state index contributed by atoms with van der Waals surface area (Å²) < 4.78 is 39.6. The molecule has 38 heavy (non-hydrogen) atoms. The van der Waals surface area contributed by atoms with Crippen LogP contribution in [0.2, 0.25) is 10.0 Å². The van der Waals surface area contributed by atoms with Crippen LogP contribution in [0.3, 0.4) is 0 Å². The molecule has 0 aliphatic carbocycles. The fraction of sp³-hybridized carbons (Fsp3) is 0.370. The summed E-state index contributed by atoms with van der Waals surface area (Å²) in [6, 6.07) is 17.4. The van der Waals surface area contributed by atoms with E-state index in [4.69, 9.17) is 32.4 Å². The molecular formula is C27H31Cl2N3O5S. The number of ether oxygens (including phenoxy) is 1. The second-order valence-electron chi connectivity index (χ2n) is 9.04. The Morgan fingerprint density at radius 2 is 1.74 bits per heavy atom. The fourth-order valence-corrected chi connectivity index (χ4v) is 6.44. The molecule has 4 rings (SSSR count). The van der Waals surface area contributed by atoms with Crippen LogP contribution in [0, 0.1) is 0 Å². The largest absolute Gasteiger partial charge is 0.467 e. The lowest BCUT2D eigenvalue weighted by Crippen LogP contribution is -2.44. The summed E-state index contributed by atoms with van der Waals surface area (Å²) in [6.07, 6.45) is 2.09. The lowest BCUT2D eigenvalue weighted by Gasteiger charge is -2.29. The van der Waals surface area contributed by atoms with Crippen LogP contribution in [0.4, 0.5) is 0 Å². The van der Waals surface area contributed by atoms with Crippen LogP contribution in [0.15, 0.2) is 76.2 Å². The normalized spacial score (nSPS) is 14.6. The Kier molecular flexibility index (Phi) is 10.2. The Bertz CT molecular complexity index is 1280. The molecule has 1 saturated heterocycles. The minimum atomic E-state index is -4.12. The van der Waals surface area contributed by atoms with Crippen molar-refractivity contribution in [3.8, 4) is 0 Å². The maximum absolute atomic E-state index is 13.8. The highest BCUT2D eigenvalue weighted by Gasteiger charge is 2.31. The number of carbonyl (C=O) groups is 1. The van der Waals surface area contributed by atoms with Crippen molar-refractivity contribution in [1.82, 2.24) is 14.1 Å². The SMILES string of the molecule is O=C(CN(CCCN1CCOCC1)S(=O)(=O)c1cc(Cl)ccc1Cl)N(Cc1ccccc1)Cc1ccco1. The summed E-state index contributed by atoms with van der Waals surface area (Å²) in [7, 11) is -4.12. The average molecular weight is 581 g/mol. The van der Waals surface area contributed by atoms with Crippen molar-refractivity contribution >= 4 is 39.1 Å². The molecule has 2 aromatic carbocycles. The van der Waals surface area contributed by atoms with Crippen molar-refractivity contribution in [1.29, 1.82) is 0 Å². The fourth-order valence-electron chi connectivity index (χ4n) is 4.27. The molecule has 3 aromatic rings. The van der Waals surface area contributed by atoms with Crippen molar-refractivity contribution in [3.63, 3.8) is 0 Å². The van der Waals surface area contributed by atoms with Crippen LogP contribution in [-0.4, -0.2) is 74.4 Å². The number of furan rings is 1. The predicted molar refractivity (Wildman–Crippen MR) is 147 cm³/mol. The lowest BCUT2D eigenvalue weighted by molar-refractivity contribution is -0.133. The molecule has 1 aromatic heterocycles. The molecule has 204 valence electrons. The topological polar surface area (TPSA) is 83.3 Å². The van der Waals surface area contributed by atoms with E-state index < -0.39 is 10.0 Å². The van der Waals surface area contributed by atoms with Gasteiger partial charge in [-0.3, -0.25) is 9.69 Å². The monoisotopic (exact) mass is 579 g/mol. The molecular weight excluding hydrogens is 549 g/mol. The molecule has 0 spiro atoms. The zero-order valence-electron chi connectivity index (χ0n) is 21.0. The molecule has 0 radical (unpaired) electrons. The van der Waals surface area contributed by atoms with Gasteiger partial charge in [0, 0.05) is 31.2 Å². The third-order valence-electron chi connectivity index (χ3n) is 6.30. The van der Waals surface area contributed by atoms with Gasteiger partial charge in [-0.15, -0.1) is 0 Å². The Hall–Kier alpha value is -2.40. The number of rotatable bonds is 12. The van der Waals surface area contributed by atoms with Crippen molar-refractivity contribution in [2.45, 2.75) is 24.4 Å². The van der Waals surface area contributed by atoms with Gasteiger partial charge in [-0.25, -0.2) is 8.42 Å². The van der Waals surface area contributed by atoms with E-state index >= 15 is 0 Å². The summed E-state index contributed by atoms with van der Waals surface area (Å²) in [5.41, 5.74) is 0.923. The number of morpholine rings is 1. The molecule has 1 fully saturated rings. The van der Waals surface area contributed by atoms with Crippen LogP contribution in [0.25, 0.3) is 0 Å². The van der Waals surface area contributed by atoms with Gasteiger partial charge in [0.15, 0.2) is 0 Å². The smallest absolute Gasteiger partial charge is 0.245 e. The second kappa shape index (κ2) is 13.6. The third-order valence-corrected chi connectivity index (χ3v) is 8.87. The van der Waals surface area contributed by atoms with Crippen LogP contribution in [0.5, 0.6) is 0 Å². The molecule has 0 bridgehead atoms. The molecule has 1 aliphatic rings. The second-order valence-corrected chi connectivity index (χ2v) is 11.8. The molecule has 2 heterocycles. The maximum Gasteiger partial charge on any atom is 0.245 e. The van der Waals surface area contributed by atoms with E-state index in [0.717, 1.165) is 18.7 Å². The Morgan fingerprint density at radius 1 is 0.974 bits per heavy atom. The van der Waals surface area contributed by atoms with Crippen LogP contribution in [-0.2, 0) is 32.6 Å². The Labute approximate surface area is 233 Å². The molecule has 11 heteroatoms. The number of hydrogen-bond donors (Lipinski definition) is 0. The van der Waals surface area contributed by atoms with Gasteiger partial charge < -0.3 is 14.1 Å². The minimum Gasteiger partial charge on any atom is -0.467 e. The molecule has 0 unspecified atom stereocenters. The minimum absolute atomic E-state index is 0.0526. The highest BCUT2D eigenvalue weighted by atomic mass is 35.5. The first kappa shape index (κ1) is 28.6. The van der Waals surface area contributed by atoms with Crippen molar-refractivity contribution < 1.29 is 22.4 Å². The highest BCUT2D eigenvalue weighted by Crippen LogP contribution is 2.28. The van der Waals surface area contributed by atoms with Gasteiger partial charge in [-0.05, 0) is 48.9 Å². The first-order valence-electron chi connectivity index (χ1n) is 12.4. The standard InChI is InChI=1S/C27H31Cl2N3O5S/c28-23-9-10-25(29)26(18-23)38(34,35)32(12-5-11-30-13-16-36-17-14-30)21-27(33)31(20-24-8-4-15-37-24)19-22-6-2-1-3-7-22/h1-4,6-10,15,18H,5,11-14,16-17,19-21H2. The van der Waals surface area contributed by atoms with Gasteiger partial charge in [-0.1, -0.05) is 53.5 Å². The van der Waals surface area contributed by atoms with E-state index in [-0.39, 0.29) is 40.5 Å². The zero-order chi connectivity index (χ0) is 27.0. The number of sulfonamides is 1. The molecule has 1 aliphatic heterocycles. The number of benzene rings is 2. The predicted octanol–water partition coefficient (Wildman–Crippen LogP) is 4.53. The van der Waals surface area contributed by atoms with Gasteiger partial charge in [0.1, 0.15) is 10.7 Å². The summed E-state index contributed by atoms with van der Waals surface area (Å²) in [5, 5.41) is 0.299. The summed E-state index contributed by atoms with van der Waals surface area (Å²) in [5.74, 6) is 0.257. The third kappa shape index (κ3) is 7.81. The van der Waals surface area contributed by atoms with Crippen molar-refractivity contribution in [3.05, 3.63) is 88.3 Å². The van der Waals surface area contributed by atoms with E-state index in [1.807, 2.05) is 30.3 Å². The number of hydrogen-bond acceptors (Lipinski definition) is 6. The summed E-state index contributed by atoms with van der Waals surface area (Å²) >= 11 is 12.4. The zero-order valence-corrected chi connectivity index (χ0v) is 23.3. The van der Waals surface area contributed by atoms with E-state index in [1.165, 1.54) is 22.5 Å².